The smallest absolute Gasteiger partial charge is 0.335 e. The van der Waals surface area contributed by atoms with E-state index in [0.717, 1.165) is 5.69 Å². The molecule has 7 heteroatoms. The normalized spacial score (nSPS) is 10.2. The van der Waals surface area contributed by atoms with Crippen LogP contribution < -0.4 is 4.90 Å². The maximum absolute atomic E-state index is 10.8. The minimum atomic E-state index is -0.992. The first-order valence-electron chi connectivity index (χ1n) is 6.08. The fourth-order valence-corrected chi connectivity index (χ4v) is 1.95. The summed E-state index contributed by atoms with van der Waals surface area (Å²) >= 11 is 0. The number of benzene rings is 1. The van der Waals surface area contributed by atoms with E-state index in [2.05, 4.69) is 4.98 Å². The molecule has 0 radical (unpaired) electrons. The van der Waals surface area contributed by atoms with Crippen molar-refractivity contribution in [3.05, 3.63) is 57.8 Å². The molecule has 0 amide bonds. The number of pyridine rings is 1. The lowest BCUT2D eigenvalue weighted by Gasteiger charge is -2.20. The SMILES string of the molecule is Cc1cc([N+](=O)[O-])cnc1N(C)c1ccc(C(=O)O)cc1. The number of aromatic carboxylic acids is 1. The summed E-state index contributed by atoms with van der Waals surface area (Å²) in [5, 5.41) is 19.6. The van der Waals surface area contributed by atoms with Gasteiger partial charge in [0.05, 0.1) is 10.5 Å². The van der Waals surface area contributed by atoms with Crippen LogP contribution in [0.15, 0.2) is 36.5 Å². The zero-order valence-electron chi connectivity index (χ0n) is 11.5. The molecule has 0 aliphatic rings. The Kier molecular flexibility index (Phi) is 3.84. The van der Waals surface area contributed by atoms with E-state index in [1.807, 2.05) is 0 Å². The van der Waals surface area contributed by atoms with E-state index in [-0.39, 0.29) is 11.3 Å². The number of aryl methyl sites for hydroxylation is 1. The Balaban J connectivity index is 2.33. The third kappa shape index (κ3) is 2.97. The molecular formula is C14H13N3O4. The Morgan fingerprint density at radius 1 is 1.33 bits per heavy atom. The standard InChI is InChI=1S/C14H13N3O4/c1-9-7-12(17(20)21)8-15-13(9)16(2)11-5-3-10(4-6-11)14(18)19/h3-8H,1-2H3,(H,18,19). The van der Waals surface area contributed by atoms with E-state index in [1.165, 1.54) is 24.4 Å². The van der Waals surface area contributed by atoms with Crippen molar-refractivity contribution in [3.63, 3.8) is 0 Å². The van der Waals surface area contributed by atoms with E-state index in [9.17, 15) is 14.9 Å². The van der Waals surface area contributed by atoms with Crippen LogP contribution in [0.2, 0.25) is 0 Å². The number of carboxylic acids is 1. The number of nitrogens with zero attached hydrogens (tertiary/aromatic N) is 3. The van der Waals surface area contributed by atoms with Crippen LogP contribution in [0, 0.1) is 17.0 Å². The van der Waals surface area contributed by atoms with Crippen molar-refractivity contribution in [1.29, 1.82) is 0 Å². The molecule has 0 aliphatic heterocycles. The monoisotopic (exact) mass is 287 g/mol. The summed E-state index contributed by atoms with van der Waals surface area (Å²) in [4.78, 5) is 26.9. The number of nitro groups is 1. The highest BCUT2D eigenvalue weighted by Crippen LogP contribution is 2.27. The van der Waals surface area contributed by atoms with Gasteiger partial charge in [-0.1, -0.05) is 0 Å². The molecule has 1 N–H and O–H groups in total. The molecule has 0 fully saturated rings. The average molecular weight is 287 g/mol. The molecule has 108 valence electrons. The minimum absolute atomic E-state index is 0.0640. The Morgan fingerprint density at radius 3 is 2.43 bits per heavy atom. The molecule has 21 heavy (non-hydrogen) atoms. The molecule has 0 spiro atoms. The lowest BCUT2D eigenvalue weighted by Crippen LogP contribution is -2.13. The third-order valence-electron chi connectivity index (χ3n) is 3.07. The molecular weight excluding hydrogens is 274 g/mol. The number of aromatic nitrogens is 1. The number of rotatable bonds is 4. The van der Waals surface area contributed by atoms with E-state index in [1.54, 1.807) is 31.0 Å². The Morgan fingerprint density at radius 2 is 1.95 bits per heavy atom. The maximum Gasteiger partial charge on any atom is 0.335 e. The lowest BCUT2D eigenvalue weighted by atomic mass is 10.2. The molecule has 0 aliphatic carbocycles. The van der Waals surface area contributed by atoms with Gasteiger partial charge in [0.1, 0.15) is 12.0 Å². The van der Waals surface area contributed by atoms with E-state index in [4.69, 9.17) is 5.11 Å². The van der Waals surface area contributed by atoms with Gasteiger partial charge in [-0.3, -0.25) is 10.1 Å². The van der Waals surface area contributed by atoms with Crippen molar-refractivity contribution < 1.29 is 14.8 Å². The molecule has 0 saturated heterocycles. The van der Waals surface area contributed by atoms with Crippen molar-refractivity contribution in [1.82, 2.24) is 4.98 Å². The third-order valence-corrected chi connectivity index (χ3v) is 3.07. The molecule has 1 aromatic carbocycles. The van der Waals surface area contributed by atoms with Crippen LogP contribution >= 0.6 is 0 Å². The topological polar surface area (TPSA) is 96.6 Å². The predicted molar refractivity (Wildman–Crippen MR) is 77.1 cm³/mol. The average Bonchev–Trinajstić information content (AvgIpc) is 2.46. The highest BCUT2D eigenvalue weighted by atomic mass is 16.6. The van der Waals surface area contributed by atoms with Gasteiger partial charge in [0.15, 0.2) is 0 Å². The van der Waals surface area contributed by atoms with Gasteiger partial charge in [0, 0.05) is 18.8 Å². The zero-order valence-corrected chi connectivity index (χ0v) is 11.5. The first kappa shape index (κ1) is 14.4. The van der Waals surface area contributed by atoms with Gasteiger partial charge in [-0.25, -0.2) is 9.78 Å². The molecule has 7 nitrogen and oxygen atoms in total. The van der Waals surface area contributed by atoms with Gasteiger partial charge in [-0.15, -0.1) is 0 Å². The Hall–Kier alpha value is -2.96. The summed E-state index contributed by atoms with van der Waals surface area (Å²) in [7, 11) is 1.76. The summed E-state index contributed by atoms with van der Waals surface area (Å²) in [6.45, 7) is 1.73. The largest absolute Gasteiger partial charge is 0.478 e. The van der Waals surface area contributed by atoms with Crippen LogP contribution in [0.4, 0.5) is 17.2 Å². The zero-order chi connectivity index (χ0) is 15.6. The molecule has 2 rings (SSSR count). The van der Waals surface area contributed by atoms with Crippen LogP contribution in [-0.2, 0) is 0 Å². The Labute approximate surface area is 120 Å². The molecule has 0 unspecified atom stereocenters. The van der Waals surface area contributed by atoms with Crippen LogP contribution in [-0.4, -0.2) is 28.0 Å². The van der Waals surface area contributed by atoms with Crippen LogP contribution in [0.1, 0.15) is 15.9 Å². The highest BCUT2D eigenvalue weighted by Gasteiger charge is 2.14. The summed E-state index contributed by atoms with van der Waals surface area (Å²) in [6, 6.07) is 7.76. The van der Waals surface area contributed by atoms with E-state index < -0.39 is 10.9 Å². The number of hydrogen-bond donors (Lipinski definition) is 1. The van der Waals surface area contributed by atoms with Gasteiger partial charge in [-0.2, -0.15) is 0 Å². The summed E-state index contributed by atoms with van der Waals surface area (Å²) in [5.74, 6) is -0.419. The van der Waals surface area contributed by atoms with Gasteiger partial charge in [-0.05, 0) is 36.8 Å². The minimum Gasteiger partial charge on any atom is -0.478 e. The number of hydrogen-bond acceptors (Lipinski definition) is 5. The van der Waals surface area contributed by atoms with Crippen molar-refractivity contribution in [2.75, 3.05) is 11.9 Å². The second-order valence-electron chi connectivity index (χ2n) is 4.50. The van der Waals surface area contributed by atoms with Gasteiger partial charge < -0.3 is 10.0 Å². The maximum atomic E-state index is 10.8. The summed E-state index contributed by atoms with van der Waals surface area (Å²) in [5.41, 5.74) is 1.53. The molecule has 0 bridgehead atoms. The first-order chi connectivity index (χ1) is 9.90. The van der Waals surface area contributed by atoms with Crippen LogP contribution in [0.3, 0.4) is 0 Å². The second-order valence-corrected chi connectivity index (χ2v) is 4.50. The van der Waals surface area contributed by atoms with Gasteiger partial charge in [0.25, 0.3) is 5.69 Å². The van der Waals surface area contributed by atoms with Crippen molar-refractivity contribution in [3.8, 4) is 0 Å². The number of carbonyl (C=O) groups is 1. The first-order valence-corrected chi connectivity index (χ1v) is 6.08. The van der Waals surface area contributed by atoms with Crippen molar-refractivity contribution >= 4 is 23.2 Å². The van der Waals surface area contributed by atoms with Crippen molar-refractivity contribution in [2.24, 2.45) is 0 Å². The van der Waals surface area contributed by atoms with Crippen LogP contribution in [0.25, 0.3) is 0 Å². The Bertz CT molecular complexity index is 698. The molecule has 0 atom stereocenters. The number of carboxylic acid groups (broad SMARTS) is 1. The van der Waals surface area contributed by atoms with Crippen LogP contribution in [0.5, 0.6) is 0 Å². The summed E-state index contributed by atoms with van der Waals surface area (Å²) < 4.78 is 0. The second kappa shape index (κ2) is 5.58. The molecule has 1 heterocycles. The van der Waals surface area contributed by atoms with E-state index >= 15 is 0 Å². The lowest BCUT2D eigenvalue weighted by molar-refractivity contribution is -0.385. The quantitative estimate of drug-likeness (QED) is 0.686. The molecule has 2 aromatic rings. The van der Waals surface area contributed by atoms with Crippen molar-refractivity contribution in [2.45, 2.75) is 6.92 Å². The van der Waals surface area contributed by atoms with E-state index in [0.29, 0.717) is 11.4 Å². The van der Waals surface area contributed by atoms with Gasteiger partial charge in [0.2, 0.25) is 0 Å². The fourth-order valence-electron chi connectivity index (χ4n) is 1.95. The fraction of sp³-hybridized carbons (Fsp3) is 0.143. The van der Waals surface area contributed by atoms with Gasteiger partial charge >= 0.3 is 5.97 Å². The predicted octanol–water partition coefficient (Wildman–Crippen LogP) is 2.76. The highest BCUT2D eigenvalue weighted by molar-refractivity contribution is 5.88. The molecule has 0 saturated carbocycles. The molecule has 1 aromatic heterocycles. The number of anilines is 2. The summed E-state index contributed by atoms with van der Waals surface area (Å²) in [6.07, 6.45) is 1.20.